The number of nitrogens with zero attached hydrogens (tertiary/aromatic N) is 1. The monoisotopic (exact) mass is 418 g/mol. The SMILES string of the molecule is N#CC1(NC(=O)c2cc(I)ccc2Br)CCCC1. The Hall–Kier alpha value is -0.610. The van der Waals surface area contributed by atoms with Crippen LogP contribution in [0.4, 0.5) is 0 Å². The molecule has 2 rings (SSSR count). The van der Waals surface area contributed by atoms with Gasteiger partial charge in [0.15, 0.2) is 0 Å². The maximum Gasteiger partial charge on any atom is 0.253 e. The number of nitriles is 1. The van der Waals surface area contributed by atoms with E-state index in [-0.39, 0.29) is 5.91 Å². The largest absolute Gasteiger partial charge is 0.334 e. The number of amides is 1. The molecule has 1 fully saturated rings. The summed E-state index contributed by atoms with van der Waals surface area (Å²) in [4.78, 5) is 12.2. The molecule has 1 saturated carbocycles. The fraction of sp³-hybridized carbons (Fsp3) is 0.385. The normalized spacial score (nSPS) is 17.2. The Morgan fingerprint density at radius 3 is 2.72 bits per heavy atom. The molecule has 94 valence electrons. The molecule has 0 aromatic heterocycles. The highest BCUT2D eigenvalue weighted by Crippen LogP contribution is 2.30. The Morgan fingerprint density at radius 2 is 2.11 bits per heavy atom. The molecule has 0 aliphatic heterocycles. The quantitative estimate of drug-likeness (QED) is 0.745. The first-order valence-corrected chi connectivity index (χ1v) is 7.62. The van der Waals surface area contributed by atoms with Gasteiger partial charge >= 0.3 is 0 Å². The molecule has 0 bridgehead atoms. The molecule has 1 N–H and O–H groups in total. The van der Waals surface area contributed by atoms with E-state index in [1.165, 1.54) is 0 Å². The second-order valence-electron chi connectivity index (χ2n) is 4.48. The lowest BCUT2D eigenvalue weighted by atomic mass is 9.99. The number of benzene rings is 1. The summed E-state index contributed by atoms with van der Waals surface area (Å²) in [6, 6.07) is 7.86. The van der Waals surface area contributed by atoms with Crippen LogP contribution < -0.4 is 5.32 Å². The Kier molecular flexibility index (Phi) is 4.28. The molecule has 5 heteroatoms. The van der Waals surface area contributed by atoms with Gasteiger partial charge in [-0.05, 0) is 82.4 Å². The standard InChI is InChI=1S/C13H12BrIN2O/c14-11-4-3-9(15)7-10(11)12(18)17-13(8-16)5-1-2-6-13/h3-4,7H,1-2,5-6H2,(H,17,18). The first-order chi connectivity index (χ1) is 8.56. The third kappa shape index (κ3) is 2.86. The van der Waals surface area contributed by atoms with Crippen LogP contribution in [0.1, 0.15) is 36.0 Å². The summed E-state index contributed by atoms with van der Waals surface area (Å²) in [5.74, 6) is -0.177. The fourth-order valence-electron chi connectivity index (χ4n) is 2.20. The molecular formula is C13H12BrIN2O. The van der Waals surface area contributed by atoms with Crippen LogP contribution in [0, 0.1) is 14.9 Å². The van der Waals surface area contributed by atoms with E-state index in [2.05, 4.69) is 49.9 Å². The number of hydrogen-bond acceptors (Lipinski definition) is 2. The van der Waals surface area contributed by atoms with E-state index in [0.717, 1.165) is 33.7 Å². The lowest BCUT2D eigenvalue weighted by Crippen LogP contribution is -2.45. The van der Waals surface area contributed by atoms with Crippen LogP contribution in [-0.2, 0) is 0 Å². The van der Waals surface area contributed by atoms with Crippen molar-refractivity contribution in [3.05, 3.63) is 31.8 Å². The molecule has 3 nitrogen and oxygen atoms in total. The number of rotatable bonds is 2. The van der Waals surface area contributed by atoms with Crippen molar-refractivity contribution in [1.82, 2.24) is 5.32 Å². The molecule has 1 aromatic rings. The molecule has 0 heterocycles. The van der Waals surface area contributed by atoms with Gasteiger partial charge in [-0.2, -0.15) is 5.26 Å². The molecule has 1 aliphatic carbocycles. The minimum atomic E-state index is -0.669. The van der Waals surface area contributed by atoms with Gasteiger partial charge in [0.25, 0.3) is 5.91 Å². The van der Waals surface area contributed by atoms with Crippen molar-refractivity contribution in [3.63, 3.8) is 0 Å². The van der Waals surface area contributed by atoms with Crippen LogP contribution in [-0.4, -0.2) is 11.4 Å². The van der Waals surface area contributed by atoms with Crippen molar-refractivity contribution in [1.29, 1.82) is 5.26 Å². The van der Waals surface area contributed by atoms with Gasteiger partial charge in [-0.1, -0.05) is 0 Å². The molecule has 0 saturated heterocycles. The Bertz CT molecular complexity index is 518. The van der Waals surface area contributed by atoms with Gasteiger partial charge < -0.3 is 5.32 Å². The molecule has 0 unspecified atom stereocenters. The Labute approximate surface area is 128 Å². The van der Waals surface area contributed by atoms with E-state index in [9.17, 15) is 10.1 Å². The molecule has 1 amide bonds. The summed E-state index contributed by atoms with van der Waals surface area (Å²) in [7, 11) is 0. The molecule has 1 aromatic carbocycles. The van der Waals surface area contributed by atoms with Gasteiger partial charge in [-0.15, -0.1) is 0 Å². The molecule has 1 aliphatic rings. The third-order valence-electron chi connectivity index (χ3n) is 3.20. The third-order valence-corrected chi connectivity index (χ3v) is 4.56. The summed E-state index contributed by atoms with van der Waals surface area (Å²) in [6.07, 6.45) is 3.50. The smallest absolute Gasteiger partial charge is 0.253 e. The topological polar surface area (TPSA) is 52.9 Å². The predicted octanol–water partition coefficient (Wildman–Crippen LogP) is 3.62. The molecular weight excluding hydrogens is 407 g/mol. The highest BCUT2D eigenvalue weighted by molar-refractivity contribution is 14.1. The zero-order valence-corrected chi connectivity index (χ0v) is 13.4. The van der Waals surface area contributed by atoms with E-state index in [4.69, 9.17) is 0 Å². The van der Waals surface area contributed by atoms with E-state index < -0.39 is 5.54 Å². The van der Waals surface area contributed by atoms with Gasteiger partial charge in [0.05, 0.1) is 11.6 Å². The lowest BCUT2D eigenvalue weighted by molar-refractivity contribution is 0.0920. The maximum atomic E-state index is 12.2. The first kappa shape index (κ1) is 13.8. The molecule has 0 radical (unpaired) electrons. The summed E-state index contributed by atoms with van der Waals surface area (Å²) >= 11 is 5.54. The van der Waals surface area contributed by atoms with Crippen molar-refractivity contribution >= 4 is 44.4 Å². The summed E-state index contributed by atoms with van der Waals surface area (Å²) < 4.78 is 1.75. The van der Waals surface area contributed by atoms with Gasteiger partial charge in [0.2, 0.25) is 0 Å². The van der Waals surface area contributed by atoms with Gasteiger partial charge in [-0.3, -0.25) is 4.79 Å². The van der Waals surface area contributed by atoms with Gasteiger partial charge in [0, 0.05) is 8.04 Å². The van der Waals surface area contributed by atoms with Gasteiger partial charge in [0.1, 0.15) is 5.54 Å². The number of carbonyl (C=O) groups is 1. The zero-order chi connectivity index (χ0) is 13.2. The summed E-state index contributed by atoms with van der Waals surface area (Å²) in [6.45, 7) is 0. The average Bonchev–Trinajstić information content (AvgIpc) is 2.81. The van der Waals surface area contributed by atoms with Crippen LogP contribution >= 0.6 is 38.5 Å². The van der Waals surface area contributed by atoms with E-state index in [1.807, 2.05) is 18.2 Å². The second-order valence-corrected chi connectivity index (χ2v) is 6.58. The Morgan fingerprint density at radius 1 is 1.44 bits per heavy atom. The van der Waals surface area contributed by atoms with Crippen LogP contribution in [0.25, 0.3) is 0 Å². The van der Waals surface area contributed by atoms with Crippen molar-refractivity contribution < 1.29 is 4.79 Å². The molecule has 0 spiro atoms. The molecule has 18 heavy (non-hydrogen) atoms. The van der Waals surface area contributed by atoms with E-state index in [1.54, 1.807) is 0 Å². The van der Waals surface area contributed by atoms with Crippen molar-refractivity contribution in [2.75, 3.05) is 0 Å². The van der Waals surface area contributed by atoms with Crippen molar-refractivity contribution in [2.45, 2.75) is 31.2 Å². The second kappa shape index (κ2) is 5.57. The number of carbonyl (C=O) groups excluding carboxylic acids is 1. The zero-order valence-electron chi connectivity index (χ0n) is 9.67. The van der Waals surface area contributed by atoms with Crippen LogP contribution in [0.3, 0.4) is 0 Å². The lowest BCUT2D eigenvalue weighted by Gasteiger charge is -2.22. The van der Waals surface area contributed by atoms with Crippen LogP contribution in [0.5, 0.6) is 0 Å². The fourth-order valence-corrected chi connectivity index (χ4v) is 3.12. The van der Waals surface area contributed by atoms with E-state index >= 15 is 0 Å². The molecule has 0 atom stereocenters. The minimum Gasteiger partial charge on any atom is -0.334 e. The average molecular weight is 419 g/mol. The van der Waals surface area contributed by atoms with Crippen molar-refractivity contribution in [3.8, 4) is 6.07 Å². The van der Waals surface area contributed by atoms with Crippen LogP contribution in [0.2, 0.25) is 0 Å². The first-order valence-electron chi connectivity index (χ1n) is 5.75. The van der Waals surface area contributed by atoms with E-state index in [0.29, 0.717) is 5.56 Å². The predicted molar refractivity (Wildman–Crippen MR) is 81.1 cm³/mol. The van der Waals surface area contributed by atoms with Crippen LogP contribution in [0.15, 0.2) is 22.7 Å². The van der Waals surface area contributed by atoms with Crippen molar-refractivity contribution in [2.24, 2.45) is 0 Å². The van der Waals surface area contributed by atoms with Gasteiger partial charge in [-0.25, -0.2) is 0 Å². The maximum absolute atomic E-state index is 12.2. The number of hydrogen-bond donors (Lipinski definition) is 1. The Balaban J connectivity index is 2.22. The summed E-state index contributed by atoms with van der Waals surface area (Å²) in [5.41, 5.74) is -0.0823. The highest BCUT2D eigenvalue weighted by Gasteiger charge is 2.35. The minimum absolute atomic E-state index is 0.177. The number of nitrogens with one attached hydrogen (secondary N) is 1. The highest BCUT2D eigenvalue weighted by atomic mass is 127. The summed E-state index contributed by atoms with van der Waals surface area (Å²) in [5, 5.41) is 12.2. The number of halogens is 2.